The largest absolute Gasteiger partial charge is 0.519 e. The van der Waals surface area contributed by atoms with E-state index in [0.717, 1.165) is 12.8 Å². The quantitative estimate of drug-likeness (QED) is 0.197. The molecule has 1 spiro atoms. The Morgan fingerprint density at radius 2 is 1.48 bits per heavy atom. The van der Waals surface area contributed by atoms with Crippen molar-refractivity contribution in [2.75, 3.05) is 19.9 Å². The van der Waals surface area contributed by atoms with Gasteiger partial charge < -0.3 is 32.3 Å². The summed E-state index contributed by atoms with van der Waals surface area (Å²) in [4.78, 5) is 38.0. The first kappa shape index (κ1) is 28.2. The van der Waals surface area contributed by atoms with Gasteiger partial charge in [-0.3, -0.25) is 0 Å². The van der Waals surface area contributed by atoms with Crippen LogP contribution in [0.25, 0.3) is 0 Å². The second-order valence-electron chi connectivity index (χ2n) is 11.4. The third kappa shape index (κ3) is 5.25. The van der Waals surface area contributed by atoms with E-state index in [9.17, 15) is 14.4 Å². The van der Waals surface area contributed by atoms with Crippen molar-refractivity contribution in [3.63, 3.8) is 0 Å². The van der Waals surface area contributed by atoms with E-state index < -0.39 is 30.3 Å². The van der Waals surface area contributed by atoms with Crippen molar-refractivity contribution in [1.82, 2.24) is 0 Å². The summed E-state index contributed by atoms with van der Waals surface area (Å²) in [6.07, 6.45) is 5.30. The molecule has 4 heterocycles. The molecule has 42 heavy (non-hydrogen) atoms. The summed E-state index contributed by atoms with van der Waals surface area (Å²) < 4.78 is 33.6. The van der Waals surface area contributed by atoms with Crippen LogP contribution in [-0.2, 0) is 35.9 Å². The van der Waals surface area contributed by atoms with E-state index in [1.165, 1.54) is 50.2 Å². The molecule has 10 heteroatoms. The zero-order chi connectivity index (χ0) is 29.2. The molecule has 3 aromatic rings. The third-order valence-corrected chi connectivity index (χ3v) is 9.29. The Morgan fingerprint density at radius 3 is 2.02 bits per heavy atom. The first-order valence-electron chi connectivity index (χ1n) is 14.6. The standard InChI is InChI=1S/C32H36NO9/c1-22-28(42-31(36)40-22)20-37-30(35)38-21-39-32(23-10-4-2-5-11-23,24-12-6-3-7-13-24)29(34)41-27-18-25-14-15-26(19-27)33(25)16-8-9-17-33/h2-7,10-13,25-27H,8-9,14-21H2,1H3/q+1. The Balaban J connectivity index is 1.21. The second-order valence-corrected chi connectivity index (χ2v) is 11.4. The van der Waals surface area contributed by atoms with Gasteiger partial charge in [-0.1, -0.05) is 60.7 Å². The van der Waals surface area contributed by atoms with Crippen molar-refractivity contribution in [3.8, 4) is 0 Å². The van der Waals surface area contributed by atoms with Gasteiger partial charge in [0.2, 0.25) is 5.60 Å². The lowest BCUT2D eigenvalue weighted by Crippen LogP contribution is -2.60. The molecule has 2 aromatic carbocycles. The normalized spacial score (nSPS) is 22.6. The predicted molar refractivity (Wildman–Crippen MR) is 148 cm³/mol. The molecular weight excluding hydrogens is 542 g/mol. The monoisotopic (exact) mass is 578 g/mol. The number of esters is 1. The number of benzene rings is 2. The summed E-state index contributed by atoms with van der Waals surface area (Å²) in [6, 6.07) is 19.2. The Bertz CT molecular complexity index is 1390. The number of carbonyl (C=O) groups is 2. The fourth-order valence-electron chi connectivity index (χ4n) is 7.35. The highest BCUT2D eigenvalue weighted by Crippen LogP contribution is 2.47. The Kier molecular flexibility index (Phi) is 7.92. The number of hydrogen-bond acceptors (Lipinski definition) is 9. The van der Waals surface area contributed by atoms with Gasteiger partial charge in [-0.15, -0.1) is 0 Å². The van der Waals surface area contributed by atoms with E-state index in [-0.39, 0.29) is 24.2 Å². The van der Waals surface area contributed by atoms with Crippen molar-refractivity contribution in [2.45, 2.75) is 75.8 Å². The molecule has 6 rings (SSSR count). The van der Waals surface area contributed by atoms with Crippen molar-refractivity contribution in [3.05, 3.63) is 93.9 Å². The van der Waals surface area contributed by atoms with Crippen molar-refractivity contribution in [2.24, 2.45) is 0 Å². The van der Waals surface area contributed by atoms with Crippen LogP contribution in [-0.4, -0.2) is 54.7 Å². The number of piperidine rings is 1. The van der Waals surface area contributed by atoms with Crippen LogP contribution in [0.15, 0.2) is 74.3 Å². The van der Waals surface area contributed by atoms with Gasteiger partial charge in [0.25, 0.3) is 0 Å². The van der Waals surface area contributed by atoms with Crippen LogP contribution in [0, 0.1) is 6.92 Å². The van der Waals surface area contributed by atoms with E-state index in [0.29, 0.717) is 23.2 Å². The molecule has 3 saturated heterocycles. The first-order valence-corrected chi connectivity index (χ1v) is 14.6. The zero-order valence-electron chi connectivity index (χ0n) is 23.7. The van der Waals surface area contributed by atoms with Gasteiger partial charge in [0.15, 0.2) is 24.9 Å². The smallest absolute Gasteiger partial charge is 0.459 e. The number of rotatable bonds is 9. The van der Waals surface area contributed by atoms with Crippen molar-refractivity contribution in [1.29, 1.82) is 0 Å². The SMILES string of the molecule is Cc1oc(=O)oc1COC(=O)OCOC(C(=O)OC1CC2CCC(C1)[N+]21CCCC1)(c1ccccc1)c1ccccc1. The minimum atomic E-state index is -1.69. The molecule has 10 nitrogen and oxygen atoms in total. The highest BCUT2D eigenvalue weighted by atomic mass is 16.8. The maximum Gasteiger partial charge on any atom is 0.519 e. The molecule has 3 fully saturated rings. The number of carbonyl (C=O) groups excluding carboxylic acids is 2. The minimum absolute atomic E-state index is 0.0730. The molecule has 3 aliphatic heterocycles. The maximum atomic E-state index is 14.3. The molecule has 0 saturated carbocycles. The number of aryl methyl sites for hydroxylation is 1. The molecular formula is C32H36NO9+. The fourth-order valence-corrected chi connectivity index (χ4v) is 7.35. The van der Waals surface area contributed by atoms with Crippen LogP contribution in [0.5, 0.6) is 0 Å². The highest BCUT2D eigenvalue weighted by Gasteiger charge is 2.57. The van der Waals surface area contributed by atoms with Crippen LogP contribution in [0.1, 0.15) is 61.2 Å². The van der Waals surface area contributed by atoms with E-state index >= 15 is 0 Å². The van der Waals surface area contributed by atoms with Crippen LogP contribution in [0.4, 0.5) is 4.79 Å². The number of ether oxygens (including phenoxy) is 4. The third-order valence-electron chi connectivity index (χ3n) is 9.29. The van der Waals surface area contributed by atoms with Gasteiger partial charge in [0.1, 0.15) is 6.10 Å². The second kappa shape index (κ2) is 11.8. The lowest BCUT2D eigenvalue weighted by molar-refractivity contribution is -0.956. The summed E-state index contributed by atoms with van der Waals surface area (Å²) in [6.45, 7) is 3.03. The lowest BCUT2D eigenvalue weighted by atomic mass is 9.85. The average molecular weight is 579 g/mol. The molecule has 2 atom stereocenters. The Hall–Kier alpha value is -3.89. The molecule has 0 amide bonds. The van der Waals surface area contributed by atoms with E-state index in [4.69, 9.17) is 27.8 Å². The molecule has 222 valence electrons. The summed E-state index contributed by atoms with van der Waals surface area (Å²) >= 11 is 0. The number of quaternary nitrogens is 1. The molecule has 0 N–H and O–H groups in total. The molecule has 2 unspecified atom stereocenters. The molecule has 0 radical (unpaired) electrons. The van der Waals surface area contributed by atoms with E-state index in [1.54, 1.807) is 24.3 Å². The van der Waals surface area contributed by atoms with Crippen molar-refractivity contribution < 1.29 is 41.9 Å². The number of nitrogens with zero attached hydrogens (tertiary/aromatic N) is 1. The molecule has 1 aromatic heterocycles. The lowest BCUT2D eigenvalue weighted by Gasteiger charge is -2.47. The van der Waals surface area contributed by atoms with Gasteiger partial charge in [-0.25, -0.2) is 14.4 Å². The van der Waals surface area contributed by atoms with Gasteiger partial charge in [0.05, 0.1) is 25.2 Å². The van der Waals surface area contributed by atoms with Crippen LogP contribution in [0.3, 0.4) is 0 Å². The Labute approximate surface area is 243 Å². The van der Waals surface area contributed by atoms with Crippen LogP contribution < -0.4 is 5.82 Å². The highest BCUT2D eigenvalue weighted by molar-refractivity contribution is 5.86. The summed E-state index contributed by atoms with van der Waals surface area (Å²) in [5, 5.41) is 0. The predicted octanol–water partition coefficient (Wildman–Crippen LogP) is 4.96. The van der Waals surface area contributed by atoms with Gasteiger partial charge in [-0.05, 0) is 18.1 Å². The first-order chi connectivity index (χ1) is 20.4. The summed E-state index contributed by atoms with van der Waals surface area (Å²) in [5.41, 5.74) is -0.584. The average Bonchev–Trinajstić information content (AvgIpc) is 3.66. The Morgan fingerprint density at radius 1 is 0.881 bits per heavy atom. The topological polar surface area (TPSA) is 114 Å². The van der Waals surface area contributed by atoms with Gasteiger partial charge in [0, 0.05) is 38.5 Å². The molecule has 2 bridgehead atoms. The van der Waals surface area contributed by atoms with Crippen LogP contribution in [0.2, 0.25) is 0 Å². The van der Waals surface area contributed by atoms with Crippen LogP contribution >= 0.6 is 0 Å². The zero-order valence-corrected chi connectivity index (χ0v) is 23.7. The van der Waals surface area contributed by atoms with Gasteiger partial charge in [-0.2, -0.15) is 0 Å². The van der Waals surface area contributed by atoms with Gasteiger partial charge >= 0.3 is 17.9 Å². The molecule has 0 aliphatic carbocycles. The van der Waals surface area contributed by atoms with E-state index in [2.05, 4.69) is 0 Å². The minimum Gasteiger partial charge on any atom is -0.459 e. The number of hydrogen-bond donors (Lipinski definition) is 0. The summed E-state index contributed by atoms with van der Waals surface area (Å²) in [7, 11) is 0. The molecule has 3 aliphatic rings. The van der Waals surface area contributed by atoms with E-state index in [1.807, 2.05) is 36.4 Å². The summed E-state index contributed by atoms with van der Waals surface area (Å²) in [5.74, 6) is -1.16. The fraction of sp³-hybridized carbons (Fsp3) is 0.469. The maximum absolute atomic E-state index is 14.3. The van der Waals surface area contributed by atoms with Crippen molar-refractivity contribution >= 4 is 12.1 Å².